The van der Waals surface area contributed by atoms with Crippen LogP contribution in [0, 0.1) is 0 Å². The van der Waals surface area contributed by atoms with Gasteiger partial charge in [0, 0.05) is 6.54 Å². The van der Waals surface area contributed by atoms with Crippen molar-refractivity contribution in [1.29, 1.82) is 0 Å². The third kappa shape index (κ3) is 3.97. The van der Waals surface area contributed by atoms with Crippen LogP contribution in [0.5, 0.6) is 0 Å². The van der Waals surface area contributed by atoms with Gasteiger partial charge >= 0.3 is 0 Å². The molecule has 2 rings (SSSR count). The molecule has 1 unspecified atom stereocenters. The molecule has 0 aliphatic heterocycles. The van der Waals surface area contributed by atoms with Crippen molar-refractivity contribution in [2.45, 2.75) is 51.3 Å². The zero-order valence-electron chi connectivity index (χ0n) is 12.3. The predicted molar refractivity (Wildman–Crippen MR) is 84.1 cm³/mol. The molecule has 1 aliphatic rings. The van der Waals surface area contributed by atoms with Crippen LogP contribution >= 0.6 is 11.6 Å². The third-order valence-electron chi connectivity index (χ3n) is 3.98. The standard InChI is InChI=1S/C17H26ClN/c1-3-10-19(11-4-2)13-17(18)16-9-8-14-6-5-7-15(14)12-16/h8-9,12,17H,3-7,10-11,13H2,1-2H3. The number of halogens is 1. The highest BCUT2D eigenvalue weighted by Gasteiger charge is 2.16. The smallest absolute Gasteiger partial charge is 0.0712 e. The zero-order chi connectivity index (χ0) is 13.7. The van der Waals surface area contributed by atoms with Gasteiger partial charge in [0.2, 0.25) is 0 Å². The van der Waals surface area contributed by atoms with Crippen molar-refractivity contribution in [3.05, 3.63) is 34.9 Å². The lowest BCUT2D eigenvalue weighted by molar-refractivity contribution is 0.275. The maximum absolute atomic E-state index is 6.63. The number of aryl methyl sites for hydroxylation is 2. The maximum Gasteiger partial charge on any atom is 0.0712 e. The van der Waals surface area contributed by atoms with Gasteiger partial charge in [-0.15, -0.1) is 11.6 Å². The minimum Gasteiger partial charge on any atom is -0.302 e. The van der Waals surface area contributed by atoms with Gasteiger partial charge in [0.05, 0.1) is 5.38 Å². The van der Waals surface area contributed by atoms with Gasteiger partial charge in [-0.2, -0.15) is 0 Å². The van der Waals surface area contributed by atoms with Gasteiger partial charge in [-0.25, -0.2) is 0 Å². The normalized spacial score (nSPS) is 15.8. The fourth-order valence-corrected chi connectivity index (χ4v) is 3.38. The molecule has 0 radical (unpaired) electrons. The highest BCUT2D eigenvalue weighted by atomic mass is 35.5. The largest absolute Gasteiger partial charge is 0.302 e. The number of fused-ring (bicyclic) bond motifs is 1. The molecule has 0 N–H and O–H groups in total. The first kappa shape index (κ1) is 14.9. The van der Waals surface area contributed by atoms with Crippen molar-refractivity contribution in [3.8, 4) is 0 Å². The van der Waals surface area contributed by atoms with Gasteiger partial charge in [0.15, 0.2) is 0 Å². The summed E-state index contributed by atoms with van der Waals surface area (Å²) in [6.45, 7) is 7.76. The van der Waals surface area contributed by atoms with Gasteiger partial charge in [0.25, 0.3) is 0 Å². The second-order valence-electron chi connectivity index (χ2n) is 5.65. The number of alkyl halides is 1. The van der Waals surface area contributed by atoms with E-state index >= 15 is 0 Å². The summed E-state index contributed by atoms with van der Waals surface area (Å²) in [5, 5.41) is 0.129. The van der Waals surface area contributed by atoms with E-state index in [1.807, 2.05) is 0 Å². The average molecular weight is 280 g/mol. The van der Waals surface area contributed by atoms with E-state index in [1.54, 1.807) is 0 Å². The van der Waals surface area contributed by atoms with Crippen LogP contribution in [0.25, 0.3) is 0 Å². The van der Waals surface area contributed by atoms with Gasteiger partial charge in [-0.3, -0.25) is 0 Å². The van der Waals surface area contributed by atoms with E-state index in [1.165, 1.54) is 48.8 Å². The molecule has 19 heavy (non-hydrogen) atoms. The van der Waals surface area contributed by atoms with E-state index in [9.17, 15) is 0 Å². The Balaban J connectivity index is 2.00. The Hall–Kier alpha value is -0.530. The van der Waals surface area contributed by atoms with Crippen molar-refractivity contribution >= 4 is 11.6 Å². The Labute approximate surface area is 123 Å². The molecule has 1 nitrogen and oxygen atoms in total. The van der Waals surface area contributed by atoms with E-state index in [0.717, 1.165) is 19.6 Å². The molecule has 0 heterocycles. The first-order valence-corrected chi connectivity index (χ1v) is 8.16. The van der Waals surface area contributed by atoms with Crippen molar-refractivity contribution in [3.63, 3.8) is 0 Å². The van der Waals surface area contributed by atoms with Crippen molar-refractivity contribution in [2.75, 3.05) is 19.6 Å². The second-order valence-corrected chi connectivity index (χ2v) is 6.18. The molecule has 2 heteroatoms. The summed E-state index contributed by atoms with van der Waals surface area (Å²) in [5.41, 5.74) is 4.37. The quantitative estimate of drug-likeness (QED) is 0.661. The molecular weight excluding hydrogens is 254 g/mol. The highest BCUT2D eigenvalue weighted by molar-refractivity contribution is 6.21. The zero-order valence-corrected chi connectivity index (χ0v) is 13.0. The highest BCUT2D eigenvalue weighted by Crippen LogP contribution is 2.28. The Morgan fingerprint density at radius 3 is 2.47 bits per heavy atom. The molecule has 0 spiro atoms. The van der Waals surface area contributed by atoms with Gasteiger partial charge in [-0.05, 0) is 61.9 Å². The Morgan fingerprint density at radius 1 is 1.11 bits per heavy atom. The minimum atomic E-state index is 0.129. The summed E-state index contributed by atoms with van der Waals surface area (Å²) >= 11 is 6.63. The molecule has 106 valence electrons. The molecule has 1 atom stereocenters. The fourth-order valence-electron chi connectivity index (χ4n) is 3.05. The number of rotatable bonds is 7. The second kappa shape index (κ2) is 7.31. The van der Waals surface area contributed by atoms with Crippen LogP contribution in [-0.2, 0) is 12.8 Å². The number of benzene rings is 1. The summed E-state index contributed by atoms with van der Waals surface area (Å²) in [4.78, 5) is 2.49. The van der Waals surface area contributed by atoms with Gasteiger partial charge in [-0.1, -0.05) is 32.0 Å². The fraction of sp³-hybridized carbons (Fsp3) is 0.647. The lowest BCUT2D eigenvalue weighted by Gasteiger charge is -2.24. The van der Waals surface area contributed by atoms with E-state index < -0.39 is 0 Å². The SMILES string of the molecule is CCCN(CCC)CC(Cl)c1ccc2c(c1)CCC2. The van der Waals surface area contributed by atoms with Crippen LogP contribution in [0.2, 0.25) is 0 Å². The Bertz CT molecular complexity index is 396. The van der Waals surface area contributed by atoms with Crippen LogP contribution < -0.4 is 0 Å². The van der Waals surface area contributed by atoms with Crippen molar-refractivity contribution in [1.82, 2.24) is 4.90 Å². The minimum absolute atomic E-state index is 0.129. The van der Waals surface area contributed by atoms with Crippen LogP contribution in [0.1, 0.15) is 55.2 Å². The molecule has 0 bridgehead atoms. The predicted octanol–water partition coefficient (Wildman–Crippen LogP) is 4.58. The van der Waals surface area contributed by atoms with Crippen LogP contribution in [-0.4, -0.2) is 24.5 Å². The molecule has 1 aromatic carbocycles. The van der Waals surface area contributed by atoms with E-state index in [-0.39, 0.29) is 5.38 Å². The van der Waals surface area contributed by atoms with Crippen LogP contribution in [0.3, 0.4) is 0 Å². The molecule has 1 aliphatic carbocycles. The summed E-state index contributed by atoms with van der Waals surface area (Å²) in [5.74, 6) is 0. The lowest BCUT2D eigenvalue weighted by Crippen LogP contribution is -2.28. The lowest BCUT2D eigenvalue weighted by atomic mass is 10.0. The summed E-state index contributed by atoms with van der Waals surface area (Å²) < 4.78 is 0. The number of nitrogens with zero attached hydrogens (tertiary/aromatic N) is 1. The average Bonchev–Trinajstić information content (AvgIpc) is 2.86. The topological polar surface area (TPSA) is 3.24 Å². The van der Waals surface area contributed by atoms with Crippen LogP contribution in [0.15, 0.2) is 18.2 Å². The van der Waals surface area contributed by atoms with E-state index in [4.69, 9.17) is 11.6 Å². The molecule has 0 aromatic heterocycles. The first-order chi connectivity index (χ1) is 9.24. The first-order valence-electron chi connectivity index (χ1n) is 7.72. The molecule has 0 fully saturated rings. The Morgan fingerprint density at radius 2 is 1.79 bits per heavy atom. The van der Waals surface area contributed by atoms with Gasteiger partial charge < -0.3 is 4.90 Å². The molecule has 0 amide bonds. The third-order valence-corrected chi connectivity index (χ3v) is 4.37. The molecule has 0 saturated heterocycles. The summed E-state index contributed by atoms with van der Waals surface area (Å²) in [6.07, 6.45) is 6.20. The summed E-state index contributed by atoms with van der Waals surface area (Å²) in [7, 11) is 0. The van der Waals surface area contributed by atoms with Crippen LogP contribution in [0.4, 0.5) is 0 Å². The van der Waals surface area contributed by atoms with Gasteiger partial charge in [0.1, 0.15) is 0 Å². The summed E-state index contributed by atoms with van der Waals surface area (Å²) in [6, 6.07) is 6.87. The number of hydrogen-bond donors (Lipinski definition) is 0. The maximum atomic E-state index is 6.63. The monoisotopic (exact) mass is 279 g/mol. The van der Waals surface area contributed by atoms with E-state index in [0.29, 0.717) is 0 Å². The number of hydrogen-bond acceptors (Lipinski definition) is 1. The molecular formula is C17H26ClN. The van der Waals surface area contributed by atoms with E-state index in [2.05, 4.69) is 36.9 Å². The molecule has 1 aromatic rings. The Kier molecular flexibility index (Phi) is 5.72. The van der Waals surface area contributed by atoms with Crippen molar-refractivity contribution < 1.29 is 0 Å². The molecule has 0 saturated carbocycles. The van der Waals surface area contributed by atoms with Crippen molar-refractivity contribution in [2.24, 2.45) is 0 Å².